The number of nitrogens with zero attached hydrogens (tertiary/aromatic N) is 1. The molecule has 188 valence electrons. The number of carbonyl (C=O) groups is 2. The van der Waals surface area contributed by atoms with E-state index in [-0.39, 0.29) is 6.03 Å². The second-order valence-electron chi connectivity index (χ2n) is 8.45. The Kier molecular flexibility index (Phi) is 15.0. The van der Waals surface area contributed by atoms with Gasteiger partial charge in [-0.1, -0.05) is 52.2 Å². The Morgan fingerprint density at radius 2 is 1.70 bits per heavy atom. The summed E-state index contributed by atoms with van der Waals surface area (Å²) in [6.07, 6.45) is 5.96. The van der Waals surface area contributed by atoms with E-state index in [0.717, 1.165) is 50.6 Å². The molecule has 33 heavy (non-hydrogen) atoms. The summed E-state index contributed by atoms with van der Waals surface area (Å²) in [5.41, 5.74) is 0.877. The summed E-state index contributed by atoms with van der Waals surface area (Å²) < 4.78 is 11.2. The van der Waals surface area contributed by atoms with E-state index in [1.807, 2.05) is 29.2 Å². The molecule has 0 saturated heterocycles. The van der Waals surface area contributed by atoms with Gasteiger partial charge in [0.2, 0.25) is 0 Å². The van der Waals surface area contributed by atoms with Gasteiger partial charge in [-0.25, -0.2) is 9.59 Å². The Bertz CT molecular complexity index is 659. The molecule has 2 amide bonds. The molecule has 0 spiro atoms. The third-order valence-electron chi connectivity index (χ3n) is 5.58. The number of nitrogens with one attached hydrogen (secondary N) is 1. The topological polar surface area (TPSA) is 88.1 Å². The van der Waals surface area contributed by atoms with Crippen molar-refractivity contribution in [3.63, 3.8) is 0 Å². The lowest BCUT2D eigenvalue weighted by Crippen LogP contribution is -2.44. The van der Waals surface area contributed by atoms with Crippen LogP contribution in [-0.4, -0.2) is 61.0 Å². The van der Waals surface area contributed by atoms with Gasteiger partial charge in [0.05, 0.1) is 6.54 Å². The first-order valence-electron chi connectivity index (χ1n) is 12.5. The van der Waals surface area contributed by atoms with Gasteiger partial charge >= 0.3 is 12.0 Å². The highest BCUT2D eigenvalue weighted by Crippen LogP contribution is 2.17. The Morgan fingerprint density at radius 3 is 2.24 bits per heavy atom. The van der Waals surface area contributed by atoms with E-state index in [0.29, 0.717) is 44.4 Å². The Morgan fingerprint density at radius 1 is 1.03 bits per heavy atom. The number of carboxylic acid groups (broad SMARTS) is 1. The van der Waals surface area contributed by atoms with Crippen molar-refractivity contribution in [2.75, 3.05) is 32.8 Å². The molecule has 1 atom stereocenters. The molecule has 2 N–H and O–H groups in total. The lowest BCUT2D eigenvalue weighted by molar-refractivity contribution is -0.149. The predicted octanol–water partition coefficient (Wildman–Crippen LogP) is 5.13. The minimum Gasteiger partial charge on any atom is -0.492 e. The molecular formula is C26H44N2O5. The average molecular weight is 465 g/mol. The SMILES string of the molecule is CCCCNC(=O)N(CCOc1ccc(CC(OCC)C(=O)O)cc1)CC(CCC)CCC. The largest absolute Gasteiger partial charge is 0.492 e. The molecule has 1 rings (SSSR count). The number of amides is 2. The number of aliphatic carboxylic acids is 1. The molecule has 1 unspecified atom stereocenters. The minimum absolute atomic E-state index is 0.0183. The summed E-state index contributed by atoms with van der Waals surface area (Å²) in [4.78, 5) is 25.9. The second-order valence-corrected chi connectivity index (χ2v) is 8.45. The maximum Gasteiger partial charge on any atom is 0.333 e. The molecule has 0 aliphatic heterocycles. The highest BCUT2D eigenvalue weighted by atomic mass is 16.5. The third kappa shape index (κ3) is 11.9. The van der Waals surface area contributed by atoms with Crippen molar-refractivity contribution in [3.8, 4) is 5.75 Å². The summed E-state index contributed by atoms with van der Waals surface area (Å²) in [5.74, 6) is 0.245. The van der Waals surface area contributed by atoms with E-state index in [9.17, 15) is 14.7 Å². The molecule has 7 heteroatoms. The van der Waals surface area contributed by atoms with Crippen molar-refractivity contribution in [2.24, 2.45) is 5.92 Å². The predicted molar refractivity (Wildman–Crippen MR) is 132 cm³/mol. The quantitative estimate of drug-likeness (QED) is 0.294. The number of benzene rings is 1. The van der Waals surface area contributed by atoms with Crippen LogP contribution in [0.1, 0.15) is 71.8 Å². The van der Waals surface area contributed by atoms with E-state index in [2.05, 4.69) is 26.1 Å². The summed E-state index contributed by atoms with van der Waals surface area (Å²) in [6, 6.07) is 7.37. The molecule has 0 bridgehead atoms. The number of unbranched alkanes of at least 4 members (excludes halogenated alkanes) is 1. The van der Waals surface area contributed by atoms with Crippen LogP contribution >= 0.6 is 0 Å². The molecule has 0 heterocycles. The number of hydrogen-bond acceptors (Lipinski definition) is 4. The molecule has 0 saturated carbocycles. The molecule has 7 nitrogen and oxygen atoms in total. The molecule has 1 aromatic carbocycles. The zero-order valence-electron chi connectivity index (χ0n) is 21.0. The number of hydrogen-bond donors (Lipinski definition) is 2. The number of rotatable bonds is 18. The van der Waals surface area contributed by atoms with Crippen LogP contribution in [-0.2, 0) is 16.0 Å². The van der Waals surface area contributed by atoms with Crippen molar-refractivity contribution < 1.29 is 24.2 Å². The molecule has 0 fully saturated rings. The molecule has 0 aromatic heterocycles. The van der Waals surface area contributed by atoms with Gasteiger partial charge in [-0.05, 0) is 49.8 Å². The maximum absolute atomic E-state index is 12.8. The van der Waals surface area contributed by atoms with E-state index in [4.69, 9.17) is 9.47 Å². The fourth-order valence-corrected chi connectivity index (χ4v) is 3.84. The lowest BCUT2D eigenvalue weighted by Gasteiger charge is -2.28. The normalized spacial score (nSPS) is 11.9. The highest BCUT2D eigenvalue weighted by molar-refractivity contribution is 5.74. The molecular weight excluding hydrogens is 420 g/mol. The molecule has 0 radical (unpaired) electrons. The van der Waals surface area contributed by atoms with E-state index >= 15 is 0 Å². The van der Waals surface area contributed by atoms with Crippen molar-refractivity contribution in [1.29, 1.82) is 0 Å². The zero-order valence-corrected chi connectivity index (χ0v) is 21.0. The van der Waals surface area contributed by atoms with Crippen molar-refractivity contribution in [3.05, 3.63) is 29.8 Å². The first-order chi connectivity index (χ1) is 15.9. The standard InChI is InChI=1S/C26H44N2O5/c1-5-9-16-27-26(31)28(20-22(10-6-2)11-7-3)17-18-33-23-14-12-21(13-15-23)19-24(25(29)30)32-8-4/h12-15,22,24H,5-11,16-20H2,1-4H3,(H,27,31)(H,29,30). The van der Waals surface area contributed by atoms with Gasteiger partial charge in [-0.15, -0.1) is 0 Å². The summed E-state index contributed by atoms with van der Waals surface area (Å²) in [5, 5.41) is 12.3. The molecule has 0 aliphatic carbocycles. The summed E-state index contributed by atoms with van der Waals surface area (Å²) >= 11 is 0. The summed E-state index contributed by atoms with van der Waals surface area (Å²) in [7, 11) is 0. The lowest BCUT2D eigenvalue weighted by atomic mass is 9.98. The van der Waals surface area contributed by atoms with Crippen LogP contribution in [0, 0.1) is 5.92 Å². The smallest absolute Gasteiger partial charge is 0.333 e. The number of ether oxygens (including phenoxy) is 2. The van der Waals surface area contributed by atoms with Gasteiger partial charge in [0.25, 0.3) is 0 Å². The van der Waals surface area contributed by atoms with E-state index in [1.54, 1.807) is 6.92 Å². The Balaban J connectivity index is 2.66. The van der Waals surface area contributed by atoms with Crippen LogP contribution in [0.5, 0.6) is 5.75 Å². The van der Waals surface area contributed by atoms with Crippen LogP contribution < -0.4 is 10.1 Å². The van der Waals surface area contributed by atoms with Crippen LogP contribution in [0.3, 0.4) is 0 Å². The van der Waals surface area contributed by atoms with Gasteiger partial charge < -0.3 is 24.8 Å². The van der Waals surface area contributed by atoms with Gasteiger partial charge in [0, 0.05) is 26.1 Å². The van der Waals surface area contributed by atoms with Gasteiger partial charge in [0.1, 0.15) is 12.4 Å². The fourth-order valence-electron chi connectivity index (χ4n) is 3.84. The highest BCUT2D eigenvalue weighted by Gasteiger charge is 2.19. The van der Waals surface area contributed by atoms with Crippen LogP contribution in [0.25, 0.3) is 0 Å². The van der Waals surface area contributed by atoms with Gasteiger partial charge in [0.15, 0.2) is 6.10 Å². The van der Waals surface area contributed by atoms with Gasteiger partial charge in [-0.2, -0.15) is 0 Å². The second kappa shape index (κ2) is 17.2. The number of carbonyl (C=O) groups excluding carboxylic acids is 1. The summed E-state index contributed by atoms with van der Waals surface area (Å²) in [6.45, 7) is 11.0. The Hall–Kier alpha value is -2.28. The maximum atomic E-state index is 12.8. The number of urea groups is 1. The Labute approximate surface area is 199 Å². The fraction of sp³-hybridized carbons (Fsp3) is 0.692. The van der Waals surface area contributed by atoms with Crippen LogP contribution in [0.2, 0.25) is 0 Å². The first-order valence-corrected chi connectivity index (χ1v) is 12.5. The van der Waals surface area contributed by atoms with E-state index in [1.165, 1.54) is 0 Å². The van der Waals surface area contributed by atoms with Crippen molar-refractivity contribution >= 4 is 12.0 Å². The van der Waals surface area contributed by atoms with Crippen molar-refractivity contribution in [2.45, 2.75) is 78.7 Å². The first kappa shape index (κ1) is 28.8. The monoisotopic (exact) mass is 464 g/mol. The number of carboxylic acids is 1. The molecule has 1 aromatic rings. The van der Waals surface area contributed by atoms with Crippen molar-refractivity contribution in [1.82, 2.24) is 10.2 Å². The minimum atomic E-state index is -0.959. The van der Waals surface area contributed by atoms with Crippen LogP contribution in [0.15, 0.2) is 24.3 Å². The average Bonchev–Trinajstić information content (AvgIpc) is 2.79. The third-order valence-corrected chi connectivity index (χ3v) is 5.58. The van der Waals surface area contributed by atoms with E-state index < -0.39 is 12.1 Å². The zero-order chi connectivity index (χ0) is 24.5. The molecule has 0 aliphatic rings. The van der Waals surface area contributed by atoms with Gasteiger partial charge in [-0.3, -0.25) is 0 Å². The van der Waals surface area contributed by atoms with Crippen LogP contribution in [0.4, 0.5) is 4.79 Å².